The summed E-state index contributed by atoms with van der Waals surface area (Å²) < 4.78 is 0. The summed E-state index contributed by atoms with van der Waals surface area (Å²) in [5, 5.41) is 19.9. The summed E-state index contributed by atoms with van der Waals surface area (Å²) in [6.07, 6.45) is 6.33. The average Bonchev–Trinajstić information content (AvgIpc) is 2.27. The summed E-state index contributed by atoms with van der Waals surface area (Å²) in [5.74, 6) is 0.397. The van der Waals surface area contributed by atoms with Crippen LogP contribution < -0.4 is 0 Å². The number of nitrogens with zero attached hydrogens (tertiary/aromatic N) is 1. The van der Waals surface area contributed by atoms with E-state index in [-0.39, 0.29) is 17.5 Å². The molecular weight excluding hydrogens is 226 g/mol. The van der Waals surface area contributed by atoms with Crippen LogP contribution in [0.5, 0.6) is 11.5 Å². The van der Waals surface area contributed by atoms with Gasteiger partial charge in [0.1, 0.15) is 11.5 Å². The first kappa shape index (κ1) is 13.2. The fraction of sp³-hybridized carbons (Fsp3) is 0.600. The summed E-state index contributed by atoms with van der Waals surface area (Å²) in [6.45, 7) is 4.17. The molecule has 1 aromatic rings. The van der Waals surface area contributed by atoms with Gasteiger partial charge in [-0.1, -0.05) is 25.3 Å². The predicted octanol–water partition coefficient (Wildman–Crippen LogP) is 3.42. The van der Waals surface area contributed by atoms with Crippen LogP contribution in [0.25, 0.3) is 0 Å². The Labute approximate surface area is 109 Å². The fourth-order valence-corrected chi connectivity index (χ4v) is 2.81. The third kappa shape index (κ3) is 2.96. The Bertz CT molecular complexity index is 364. The highest BCUT2D eigenvalue weighted by atomic mass is 16.3. The summed E-state index contributed by atoms with van der Waals surface area (Å²) in [5.41, 5.74) is 0.665. The van der Waals surface area contributed by atoms with E-state index in [4.69, 9.17) is 0 Å². The number of benzene rings is 1. The maximum Gasteiger partial charge on any atom is 0.124 e. The van der Waals surface area contributed by atoms with Gasteiger partial charge in [0.25, 0.3) is 0 Å². The largest absolute Gasteiger partial charge is 0.507 e. The summed E-state index contributed by atoms with van der Waals surface area (Å²) in [4.78, 5) is 2.37. The fourth-order valence-electron chi connectivity index (χ4n) is 2.81. The van der Waals surface area contributed by atoms with Crippen molar-refractivity contribution in [1.82, 2.24) is 4.90 Å². The molecule has 1 aliphatic heterocycles. The highest BCUT2D eigenvalue weighted by Crippen LogP contribution is 2.36. The molecule has 2 N–H and O–H groups in total. The molecule has 0 aliphatic carbocycles. The molecule has 18 heavy (non-hydrogen) atoms. The SMILES string of the molecule is CC(c1c(O)cccc1O)N1CCCCCCC1. The van der Waals surface area contributed by atoms with Crippen LogP contribution >= 0.6 is 0 Å². The van der Waals surface area contributed by atoms with Gasteiger partial charge in [0.05, 0.1) is 5.56 Å². The molecule has 2 rings (SSSR count). The maximum absolute atomic E-state index is 9.93. The Morgan fingerprint density at radius 3 is 2.00 bits per heavy atom. The minimum Gasteiger partial charge on any atom is -0.507 e. The zero-order valence-corrected chi connectivity index (χ0v) is 11.1. The van der Waals surface area contributed by atoms with Crippen LogP contribution in [-0.4, -0.2) is 28.2 Å². The molecule has 1 aromatic carbocycles. The van der Waals surface area contributed by atoms with Crippen molar-refractivity contribution in [2.45, 2.75) is 45.1 Å². The van der Waals surface area contributed by atoms with E-state index in [1.165, 1.54) is 32.1 Å². The van der Waals surface area contributed by atoms with Crippen molar-refractivity contribution in [1.29, 1.82) is 0 Å². The molecular formula is C15H23NO2. The second-order valence-electron chi connectivity index (χ2n) is 5.19. The van der Waals surface area contributed by atoms with Gasteiger partial charge in [-0.05, 0) is 45.0 Å². The van der Waals surface area contributed by atoms with Crippen LogP contribution in [0.15, 0.2) is 18.2 Å². The van der Waals surface area contributed by atoms with Gasteiger partial charge in [-0.25, -0.2) is 0 Å². The molecule has 1 atom stereocenters. The number of likely N-dealkylation sites (tertiary alicyclic amines) is 1. The van der Waals surface area contributed by atoms with Gasteiger partial charge in [0, 0.05) is 6.04 Å². The van der Waals surface area contributed by atoms with Crippen molar-refractivity contribution in [3.63, 3.8) is 0 Å². The van der Waals surface area contributed by atoms with Crippen molar-refractivity contribution >= 4 is 0 Å². The lowest BCUT2D eigenvalue weighted by Crippen LogP contribution is -2.30. The standard InChI is InChI=1S/C15H23NO2/c1-12(15-13(17)8-7-9-14(15)18)16-10-5-3-2-4-6-11-16/h7-9,12,17-18H,2-6,10-11H2,1H3. The lowest BCUT2D eigenvalue weighted by Gasteiger charge is -2.31. The van der Waals surface area contributed by atoms with E-state index in [9.17, 15) is 10.2 Å². The van der Waals surface area contributed by atoms with Crippen molar-refractivity contribution < 1.29 is 10.2 Å². The molecule has 0 saturated carbocycles. The van der Waals surface area contributed by atoms with Crippen LogP contribution in [0.2, 0.25) is 0 Å². The number of hydrogen-bond acceptors (Lipinski definition) is 3. The molecule has 0 spiro atoms. The van der Waals surface area contributed by atoms with Crippen LogP contribution in [0, 0.1) is 0 Å². The summed E-state index contributed by atoms with van der Waals surface area (Å²) >= 11 is 0. The van der Waals surface area contributed by atoms with Gasteiger partial charge in [-0.3, -0.25) is 4.90 Å². The molecule has 3 nitrogen and oxygen atoms in total. The topological polar surface area (TPSA) is 43.7 Å². The number of hydrogen-bond donors (Lipinski definition) is 2. The van der Waals surface area contributed by atoms with E-state index in [0.29, 0.717) is 5.56 Å². The molecule has 0 amide bonds. The lowest BCUT2D eigenvalue weighted by atomic mass is 10.0. The van der Waals surface area contributed by atoms with Crippen LogP contribution in [0.1, 0.15) is 50.6 Å². The zero-order chi connectivity index (χ0) is 13.0. The van der Waals surface area contributed by atoms with Crippen molar-refractivity contribution in [2.75, 3.05) is 13.1 Å². The van der Waals surface area contributed by atoms with Crippen molar-refractivity contribution in [2.24, 2.45) is 0 Å². The summed E-state index contributed by atoms with van der Waals surface area (Å²) in [7, 11) is 0. The molecule has 0 aromatic heterocycles. The molecule has 1 fully saturated rings. The molecule has 3 heteroatoms. The Morgan fingerprint density at radius 1 is 0.944 bits per heavy atom. The van der Waals surface area contributed by atoms with Crippen molar-refractivity contribution in [3.8, 4) is 11.5 Å². The van der Waals surface area contributed by atoms with E-state index in [1.54, 1.807) is 18.2 Å². The van der Waals surface area contributed by atoms with Crippen LogP contribution in [0.3, 0.4) is 0 Å². The van der Waals surface area contributed by atoms with E-state index < -0.39 is 0 Å². The zero-order valence-electron chi connectivity index (χ0n) is 11.1. The van der Waals surface area contributed by atoms with Gasteiger partial charge >= 0.3 is 0 Å². The third-order valence-corrected chi connectivity index (χ3v) is 3.92. The van der Waals surface area contributed by atoms with Gasteiger partial charge < -0.3 is 10.2 Å². The minimum absolute atomic E-state index is 0.0734. The molecule has 0 bridgehead atoms. The number of phenolic OH excluding ortho intramolecular Hbond substituents is 2. The van der Waals surface area contributed by atoms with Crippen LogP contribution in [0.4, 0.5) is 0 Å². The number of phenols is 2. The molecule has 100 valence electrons. The first-order valence-corrected chi connectivity index (χ1v) is 6.95. The van der Waals surface area contributed by atoms with E-state index in [2.05, 4.69) is 11.8 Å². The van der Waals surface area contributed by atoms with Crippen LogP contribution in [-0.2, 0) is 0 Å². The monoisotopic (exact) mass is 249 g/mol. The van der Waals surface area contributed by atoms with E-state index >= 15 is 0 Å². The van der Waals surface area contributed by atoms with Gasteiger partial charge in [-0.15, -0.1) is 0 Å². The van der Waals surface area contributed by atoms with Gasteiger partial charge in [-0.2, -0.15) is 0 Å². The highest BCUT2D eigenvalue weighted by molar-refractivity contribution is 5.44. The molecule has 1 aliphatic rings. The minimum atomic E-state index is 0.0734. The van der Waals surface area contributed by atoms with Gasteiger partial charge in [0.15, 0.2) is 0 Å². The normalized spacial score (nSPS) is 20.1. The first-order valence-electron chi connectivity index (χ1n) is 6.95. The average molecular weight is 249 g/mol. The quantitative estimate of drug-likeness (QED) is 0.844. The second-order valence-corrected chi connectivity index (χ2v) is 5.19. The number of rotatable bonds is 2. The Hall–Kier alpha value is -1.22. The molecule has 1 saturated heterocycles. The number of aromatic hydroxyl groups is 2. The first-order chi connectivity index (χ1) is 8.70. The highest BCUT2D eigenvalue weighted by Gasteiger charge is 2.21. The molecule has 0 radical (unpaired) electrons. The van der Waals surface area contributed by atoms with Crippen molar-refractivity contribution in [3.05, 3.63) is 23.8 Å². The lowest BCUT2D eigenvalue weighted by molar-refractivity contribution is 0.186. The summed E-state index contributed by atoms with van der Waals surface area (Å²) in [6, 6.07) is 5.05. The Kier molecular flexibility index (Phi) is 4.48. The van der Waals surface area contributed by atoms with E-state index in [1.807, 2.05) is 0 Å². The Morgan fingerprint density at radius 2 is 1.44 bits per heavy atom. The predicted molar refractivity (Wildman–Crippen MR) is 72.8 cm³/mol. The third-order valence-electron chi connectivity index (χ3n) is 3.92. The van der Waals surface area contributed by atoms with E-state index in [0.717, 1.165) is 13.1 Å². The smallest absolute Gasteiger partial charge is 0.124 e. The maximum atomic E-state index is 9.93. The van der Waals surface area contributed by atoms with Gasteiger partial charge in [0.2, 0.25) is 0 Å². The Balaban J connectivity index is 2.15. The molecule has 1 heterocycles. The second kappa shape index (κ2) is 6.10. The molecule has 1 unspecified atom stereocenters.